The van der Waals surface area contributed by atoms with Crippen molar-refractivity contribution in [2.45, 2.75) is 39.2 Å². The number of unbranched alkanes of at least 4 members (excludes halogenated alkanes) is 1. The summed E-state index contributed by atoms with van der Waals surface area (Å²) in [6.07, 6.45) is 2.57. The molecule has 114 valence electrons. The highest BCUT2D eigenvalue weighted by Gasteiger charge is 2.09. The minimum absolute atomic E-state index is 0.0962. The van der Waals surface area contributed by atoms with Gasteiger partial charge < -0.3 is 4.74 Å². The Morgan fingerprint density at radius 1 is 1.20 bits per heavy atom. The zero-order chi connectivity index (χ0) is 15.0. The van der Waals surface area contributed by atoms with Crippen LogP contribution in [-0.2, 0) is 16.6 Å². The monoisotopic (exact) mass is 300 g/mol. The van der Waals surface area contributed by atoms with Crippen LogP contribution in [0.5, 0.6) is 5.75 Å². The average Bonchev–Trinajstić information content (AvgIpc) is 2.37. The predicted octanol–water partition coefficient (Wildman–Crippen LogP) is 1.85. The summed E-state index contributed by atoms with van der Waals surface area (Å²) in [6.45, 7) is 4.03. The highest BCUT2D eigenvalue weighted by atomic mass is 32.2. The van der Waals surface area contributed by atoms with Gasteiger partial charge in [0.1, 0.15) is 5.75 Å². The molecule has 20 heavy (non-hydrogen) atoms. The molecule has 0 bridgehead atoms. The SMILES string of the molecule is COc1ccccc1CCCCNS(=O)(=O)NC(C)C. The molecule has 0 fully saturated rings. The Morgan fingerprint density at radius 2 is 1.90 bits per heavy atom. The number of methoxy groups -OCH3 is 1. The fourth-order valence-electron chi connectivity index (χ4n) is 1.91. The Labute approximate surface area is 121 Å². The van der Waals surface area contributed by atoms with E-state index >= 15 is 0 Å². The van der Waals surface area contributed by atoms with Crippen molar-refractivity contribution in [2.24, 2.45) is 0 Å². The van der Waals surface area contributed by atoms with Gasteiger partial charge in [0, 0.05) is 12.6 Å². The second-order valence-corrected chi connectivity index (χ2v) is 6.47. The van der Waals surface area contributed by atoms with Crippen LogP contribution >= 0.6 is 0 Å². The summed E-state index contributed by atoms with van der Waals surface area (Å²) in [7, 11) is -1.71. The van der Waals surface area contributed by atoms with Gasteiger partial charge in [0.2, 0.25) is 0 Å². The first-order valence-corrected chi connectivity index (χ1v) is 8.31. The molecule has 0 aliphatic rings. The van der Waals surface area contributed by atoms with Crippen molar-refractivity contribution in [3.05, 3.63) is 29.8 Å². The molecule has 1 rings (SSSR count). The van der Waals surface area contributed by atoms with Crippen molar-refractivity contribution in [1.29, 1.82) is 0 Å². The van der Waals surface area contributed by atoms with E-state index < -0.39 is 10.2 Å². The van der Waals surface area contributed by atoms with Crippen molar-refractivity contribution < 1.29 is 13.2 Å². The van der Waals surface area contributed by atoms with Crippen molar-refractivity contribution in [1.82, 2.24) is 9.44 Å². The quantitative estimate of drug-likeness (QED) is 0.684. The summed E-state index contributed by atoms with van der Waals surface area (Å²) in [5.74, 6) is 0.884. The lowest BCUT2D eigenvalue weighted by Crippen LogP contribution is -2.40. The van der Waals surface area contributed by atoms with Crippen LogP contribution in [0.25, 0.3) is 0 Å². The van der Waals surface area contributed by atoms with Crippen LogP contribution in [0.1, 0.15) is 32.3 Å². The van der Waals surface area contributed by atoms with Gasteiger partial charge in [0.05, 0.1) is 7.11 Å². The maximum absolute atomic E-state index is 11.5. The van der Waals surface area contributed by atoms with Gasteiger partial charge in [-0.2, -0.15) is 13.1 Å². The molecule has 0 saturated heterocycles. The van der Waals surface area contributed by atoms with E-state index in [0.29, 0.717) is 6.54 Å². The van der Waals surface area contributed by atoms with E-state index in [-0.39, 0.29) is 6.04 Å². The molecule has 0 aliphatic heterocycles. The molecule has 0 spiro atoms. The van der Waals surface area contributed by atoms with Crippen LogP contribution in [-0.4, -0.2) is 28.1 Å². The Morgan fingerprint density at radius 3 is 2.55 bits per heavy atom. The number of rotatable bonds is 9. The summed E-state index contributed by atoms with van der Waals surface area (Å²) in [5, 5.41) is 0. The number of benzene rings is 1. The second-order valence-electron chi connectivity index (χ2n) is 4.94. The number of hydrogen-bond acceptors (Lipinski definition) is 3. The van der Waals surface area contributed by atoms with Crippen LogP contribution in [0, 0.1) is 0 Å². The topological polar surface area (TPSA) is 67.4 Å². The third-order valence-electron chi connectivity index (χ3n) is 2.75. The summed E-state index contributed by atoms with van der Waals surface area (Å²) >= 11 is 0. The Hall–Kier alpha value is -1.11. The number of ether oxygens (including phenoxy) is 1. The standard InChI is InChI=1S/C14H24N2O3S/c1-12(2)16-20(17,18)15-11-7-6-9-13-8-4-5-10-14(13)19-3/h4-5,8,10,12,15-16H,6-7,9,11H2,1-3H3. The van der Waals surface area contributed by atoms with Gasteiger partial charge in [-0.15, -0.1) is 0 Å². The first kappa shape index (κ1) is 16.9. The number of para-hydroxylation sites is 1. The lowest BCUT2D eigenvalue weighted by Gasteiger charge is -2.11. The van der Waals surface area contributed by atoms with E-state index in [9.17, 15) is 8.42 Å². The molecule has 0 aliphatic carbocycles. The maximum atomic E-state index is 11.5. The van der Waals surface area contributed by atoms with Crippen LogP contribution in [0.3, 0.4) is 0 Å². The molecule has 6 heteroatoms. The molecule has 0 radical (unpaired) electrons. The third-order valence-corrected chi connectivity index (χ3v) is 4.11. The van der Waals surface area contributed by atoms with Gasteiger partial charge in [-0.25, -0.2) is 4.72 Å². The van der Waals surface area contributed by atoms with Crippen molar-refractivity contribution >= 4 is 10.2 Å². The van der Waals surface area contributed by atoms with Crippen LogP contribution < -0.4 is 14.2 Å². The molecule has 0 aromatic heterocycles. The van der Waals surface area contributed by atoms with Gasteiger partial charge in [-0.3, -0.25) is 0 Å². The molecule has 1 aromatic rings. The Balaban J connectivity index is 2.29. The molecule has 5 nitrogen and oxygen atoms in total. The van der Waals surface area contributed by atoms with Gasteiger partial charge in [-0.05, 0) is 44.7 Å². The summed E-state index contributed by atoms with van der Waals surface area (Å²) < 4.78 is 33.4. The third kappa shape index (κ3) is 6.36. The zero-order valence-corrected chi connectivity index (χ0v) is 13.2. The smallest absolute Gasteiger partial charge is 0.277 e. The lowest BCUT2D eigenvalue weighted by atomic mass is 10.1. The van der Waals surface area contributed by atoms with Crippen molar-refractivity contribution in [3.8, 4) is 5.75 Å². The highest BCUT2D eigenvalue weighted by molar-refractivity contribution is 7.87. The molecule has 1 aromatic carbocycles. The highest BCUT2D eigenvalue weighted by Crippen LogP contribution is 2.19. The summed E-state index contributed by atoms with van der Waals surface area (Å²) in [4.78, 5) is 0. The van der Waals surface area contributed by atoms with Gasteiger partial charge in [-0.1, -0.05) is 18.2 Å². The molecule has 0 heterocycles. The summed E-state index contributed by atoms with van der Waals surface area (Å²) in [6, 6.07) is 7.79. The van der Waals surface area contributed by atoms with E-state index in [1.807, 2.05) is 24.3 Å². The lowest BCUT2D eigenvalue weighted by molar-refractivity contribution is 0.409. The van der Waals surface area contributed by atoms with E-state index in [0.717, 1.165) is 30.6 Å². The molecule has 0 amide bonds. The van der Waals surface area contributed by atoms with Crippen LogP contribution in [0.4, 0.5) is 0 Å². The number of aryl methyl sites for hydroxylation is 1. The average molecular weight is 300 g/mol. The van der Waals surface area contributed by atoms with E-state index in [2.05, 4.69) is 9.44 Å². The van der Waals surface area contributed by atoms with Crippen molar-refractivity contribution in [3.63, 3.8) is 0 Å². The molecule has 0 atom stereocenters. The largest absolute Gasteiger partial charge is 0.496 e. The number of nitrogens with one attached hydrogen (secondary N) is 2. The van der Waals surface area contributed by atoms with Crippen LogP contribution in [0.15, 0.2) is 24.3 Å². The molecule has 0 unspecified atom stereocenters. The first-order chi connectivity index (χ1) is 9.44. The predicted molar refractivity (Wildman–Crippen MR) is 81.1 cm³/mol. The minimum atomic E-state index is -3.36. The zero-order valence-electron chi connectivity index (χ0n) is 12.3. The van der Waals surface area contributed by atoms with Crippen LogP contribution in [0.2, 0.25) is 0 Å². The van der Waals surface area contributed by atoms with Crippen molar-refractivity contribution in [2.75, 3.05) is 13.7 Å². The summed E-state index contributed by atoms with van der Waals surface area (Å²) in [5.41, 5.74) is 1.15. The molecular weight excluding hydrogens is 276 g/mol. The number of hydrogen-bond donors (Lipinski definition) is 2. The fraction of sp³-hybridized carbons (Fsp3) is 0.571. The van der Waals surface area contributed by atoms with E-state index in [4.69, 9.17) is 4.74 Å². The molecule has 0 saturated carbocycles. The van der Waals surface area contributed by atoms with E-state index in [1.54, 1.807) is 21.0 Å². The second kappa shape index (κ2) is 8.24. The molecule has 2 N–H and O–H groups in total. The van der Waals surface area contributed by atoms with E-state index in [1.165, 1.54) is 0 Å². The van der Waals surface area contributed by atoms with Gasteiger partial charge >= 0.3 is 0 Å². The van der Waals surface area contributed by atoms with Gasteiger partial charge in [0.15, 0.2) is 0 Å². The first-order valence-electron chi connectivity index (χ1n) is 6.83. The molecular formula is C14H24N2O3S. The fourth-order valence-corrected chi connectivity index (χ4v) is 3.03. The Bertz CT molecular complexity index is 501. The minimum Gasteiger partial charge on any atom is -0.496 e. The maximum Gasteiger partial charge on any atom is 0.277 e. The normalized spacial score (nSPS) is 11.8. The Kier molecular flexibility index (Phi) is 6.98. The van der Waals surface area contributed by atoms with Gasteiger partial charge in [0.25, 0.3) is 10.2 Å².